The van der Waals surface area contributed by atoms with Crippen LogP contribution in [0.3, 0.4) is 0 Å². The van der Waals surface area contributed by atoms with E-state index in [1.165, 1.54) is 120 Å². The number of aromatic nitrogens is 2. The van der Waals surface area contributed by atoms with E-state index >= 15 is 0 Å². The molecule has 0 aliphatic carbocycles. The number of imidazole rings is 1. The van der Waals surface area contributed by atoms with E-state index < -0.39 is 0 Å². The maximum absolute atomic E-state index is 4.25. The van der Waals surface area contributed by atoms with Crippen LogP contribution in [0.15, 0.2) is 43.0 Å². The van der Waals surface area contributed by atoms with E-state index in [4.69, 9.17) is 0 Å². The summed E-state index contributed by atoms with van der Waals surface area (Å²) in [6, 6.07) is 8.90. The molecule has 0 radical (unpaired) electrons. The minimum atomic E-state index is 0.621. The van der Waals surface area contributed by atoms with Crippen molar-refractivity contribution in [2.75, 3.05) is 0 Å². The molecule has 2 nitrogen and oxygen atoms in total. The lowest BCUT2D eigenvalue weighted by Crippen LogP contribution is -2.10. The summed E-state index contributed by atoms with van der Waals surface area (Å²) in [6.07, 6.45) is 30.1. The molecule has 0 unspecified atom stereocenters. The largest absolute Gasteiger partial charge is 0.306 e. The summed E-state index contributed by atoms with van der Waals surface area (Å²) in [6.45, 7) is 7.05. The fourth-order valence-electron chi connectivity index (χ4n) is 5.20. The normalized spacial score (nSPS) is 12.5. The SMILES string of the molecule is CCCCCCCCCCCCCCCCCC[C@H](c1ccccc1-n1ccnc1)C(C)C. The molecule has 0 saturated carbocycles. The first-order valence-electron chi connectivity index (χ1n) is 14.3. The van der Waals surface area contributed by atoms with Gasteiger partial charge in [0.25, 0.3) is 0 Å². The highest BCUT2D eigenvalue weighted by atomic mass is 15.0. The van der Waals surface area contributed by atoms with E-state index in [1.54, 1.807) is 0 Å². The van der Waals surface area contributed by atoms with Gasteiger partial charge in [0.05, 0.1) is 6.33 Å². The highest BCUT2D eigenvalue weighted by molar-refractivity contribution is 5.43. The van der Waals surface area contributed by atoms with Gasteiger partial charge in [0.2, 0.25) is 0 Å². The van der Waals surface area contributed by atoms with Crippen molar-refractivity contribution in [1.82, 2.24) is 9.55 Å². The van der Waals surface area contributed by atoms with Crippen LogP contribution in [0.4, 0.5) is 0 Å². The second-order valence-corrected chi connectivity index (χ2v) is 10.5. The molecule has 0 aliphatic rings. The smallest absolute Gasteiger partial charge is 0.0991 e. The van der Waals surface area contributed by atoms with Crippen LogP contribution in [0.2, 0.25) is 0 Å². The van der Waals surface area contributed by atoms with Gasteiger partial charge in [-0.1, -0.05) is 142 Å². The predicted molar refractivity (Wildman–Crippen MR) is 145 cm³/mol. The Morgan fingerprint density at radius 3 is 1.70 bits per heavy atom. The summed E-state index contributed by atoms with van der Waals surface area (Å²) in [5.74, 6) is 1.28. The fraction of sp³-hybridized carbons (Fsp3) is 0.710. The van der Waals surface area contributed by atoms with Crippen LogP contribution in [0.5, 0.6) is 0 Å². The first-order valence-corrected chi connectivity index (χ1v) is 14.3. The number of unbranched alkanes of at least 4 members (excludes halogenated alkanes) is 15. The Morgan fingerprint density at radius 1 is 0.697 bits per heavy atom. The average Bonchev–Trinajstić information content (AvgIpc) is 3.36. The van der Waals surface area contributed by atoms with Crippen molar-refractivity contribution in [3.63, 3.8) is 0 Å². The van der Waals surface area contributed by atoms with E-state index in [0.717, 1.165) is 0 Å². The number of benzene rings is 1. The van der Waals surface area contributed by atoms with E-state index in [0.29, 0.717) is 11.8 Å². The Balaban J connectivity index is 1.52. The first kappa shape index (κ1) is 27.7. The highest BCUT2D eigenvalue weighted by Gasteiger charge is 2.19. The molecule has 186 valence electrons. The molecular formula is C31H52N2. The zero-order chi connectivity index (χ0) is 23.6. The molecule has 2 rings (SSSR count). The topological polar surface area (TPSA) is 17.8 Å². The summed E-state index contributed by atoms with van der Waals surface area (Å²) >= 11 is 0. The molecular weight excluding hydrogens is 400 g/mol. The quantitative estimate of drug-likeness (QED) is 0.183. The number of hydrogen-bond acceptors (Lipinski definition) is 1. The monoisotopic (exact) mass is 452 g/mol. The van der Waals surface area contributed by atoms with Gasteiger partial charge in [0.15, 0.2) is 0 Å². The van der Waals surface area contributed by atoms with Gasteiger partial charge in [0.1, 0.15) is 0 Å². The van der Waals surface area contributed by atoms with Gasteiger partial charge in [0, 0.05) is 18.1 Å². The summed E-state index contributed by atoms with van der Waals surface area (Å²) in [7, 11) is 0. The summed E-state index contributed by atoms with van der Waals surface area (Å²) in [4.78, 5) is 4.25. The van der Waals surface area contributed by atoms with Gasteiger partial charge >= 0.3 is 0 Å². The van der Waals surface area contributed by atoms with Gasteiger partial charge in [-0.2, -0.15) is 0 Å². The van der Waals surface area contributed by atoms with Crippen LogP contribution < -0.4 is 0 Å². The van der Waals surface area contributed by atoms with Crippen molar-refractivity contribution in [3.05, 3.63) is 48.5 Å². The summed E-state index contributed by atoms with van der Waals surface area (Å²) in [5.41, 5.74) is 2.77. The van der Waals surface area contributed by atoms with E-state index in [9.17, 15) is 0 Å². The van der Waals surface area contributed by atoms with Crippen LogP contribution in [0.1, 0.15) is 141 Å². The zero-order valence-electron chi connectivity index (χ0n) is 22.1. The van der Waals surface area contributed by atoms with Crippen LogP contribution in [-0.4, -0.2) is 9.55 Å². The molecule has 1 aromatic carbocycles. The molecule has 0 fully saturated rings. The number of nitrogens with zero attached hydrogens (tertiary/aromatic N) is 2. The molecule has 1 aromatic heterocycles. The molecule has 1 heterocycles. The van der Waals surface area contributed by atoms with Gasteiger partial charge in [-0.15, -0.1) is 0 Å². The molecule has 0 aliphatic heterocycles. The third-order valence-corrected chi connectivity index (χ3v) is 7.29. The molecule has 0 bridgehead atoms. The molecule has 33 heavy (non-hydrogen) atoms. The number of hydrogen-bond donors (Lipinski definition) is 0. The van der Waals surface area contributed by atoms with Crippen LogP contribution in [0.25, 0.3) is 5.69 Å². The van der Waals surface area contributed by atoms with Crippen LogP contribution in [-0.2, 0) is 0 Å². The van der Waals surface area contributed by atoms with E-state index in [2.05, 4.69) is 60.8 Å². The maximum atomic E-state index is 4.25. The zero-order valence-corrected chi connectivity index (χ0v) is 22.1. The third-order valence-electron chi connectivity index (χ3n) is 7.29. The first-order chi connectivity index (χ1) is 16.2. The second-order valence-electron chi connectivity index (χ2n) is 10.5. The molecule has 0 N–H and O–H groups in total. The van der Waals surface area contributed by atoms with Gasteiger partial charge in [-0.3, -0.25) is 0 Å². The van der Waals surface area contributed by atoms with Gasteiger partial charge < -0.3 is 4.57 Å². The minimum absolute atomic E-state index is 0.621. The standard InChI is InChI=1S/C31H52N2/c1-4-5-6-7-8-9-10-11-12-13-14-15-16-17-18-19-22-29(28(2)3)30-23-20-21-24-31(30)33-26-25-32-27-33/h20-21,23-29H,4-19,22H2,1-3H3/t29-/m0/s1. The van der Waals surface area contributed by atoms with Gasteiger partial charge in [-0.05, 0) is 29.9 Å². The maximum Gasteiger partial charge on any atom is 0.0991 e. The average molecular weight is 453 g/mol. The third kappa shape index (κ3) is 11.4. The molecule has 1 atom stereocenters. The summed E-state index contributed by atoms with van der Waals surface area (Å²) in [5, 5.41) is 0. The Bertz CT molecular complexity index is 689. The van der Waals surface area contributed by atoms with E-state index in [1.807, 2.05) is 12.5 Å². The van der Waals surface area contributed by atoms with Crippen molar-refractivity contribution in [3.8, 4) is 5.69 Å². The second kappa shape index (κ2) is 17.8. The molecule has 0 amide bonds. The van der Waals surface area contributed by atoms with Crippen molar-refractivity contribution < 1.29 is 0 Å². The molecule has 0 spiro atoms. The highest BCUT2D eigenvalue weighted by Crippen LogP contribution is 2.34. The fourth-order valence-corrected chi connectivity index (χ4v) is 5.20. The molecule has 2 aromatic rings. The number of rotatable bonds is 20. The van der Waals surface area contributed by atoms with Crippen molar-refractivity contribution in [1.29, 1.82) is 0 Å². The van der Waals surface area contributed by atoms with Gasteiger partial charge in [-0.25, -0.2) is 4.98 Å². The predicted octanol–water partition coefficient (Wildman–Crippen LogP) is 10.3. The van der Waals surface area contributed by atoms with E-state index in [-0.39, 0.29) is 0 Å². The Hall–Kier alpha value is -1.57. The lowest BCUT2D eigenvalue weighted by molar-refractivity contribution is 0.439. The van der Waals surface area contributed by atoms with Crippen molar-refractivity contribution in [2.24, 2.45) is 5.92 Å². The summed E-state index contributed by atoms with van der Waals surface area (Å²) < 4.78 is 2.17. The van der Waals surface area contributed by atoms with Crippen molar-refractivity contribution >= 4 is 0 Å². The Labute approximate surface area is 205 Å². The van der Waals surface area contributed by atoms with Crippen LogP contribution >= 0.6 is 0 Å². The Morgan fingerprint density at radius 2 is 1.21 bits per heavy atom. The minimum Gasteiger partial charge on any atom is -0.306 e. The number of para-hydroxylation sites is 1. The Kier molecular flexibility index (Phi) is 15.0. The lowest BCUT2D eigenvalue weighted by atomic mass is 9.83. The van der Waals surface area contributed by atoms with Crippen LogP contribution in [0, 0.1) is 5.92 Å². The molecule has 0 saturated heterocycles. The lowest BCUT2D eigenvalue weighted by Gasteiger charge is -2.24. The van der Waals surface area contributed by atoms with Crippen molar-refractivity contribution in [2.45, 2.75) is 136 Å². The molecule has 2 heteroatoms.